The molecule has 1 amide bonds. The summed E-state index contributed by atoms with van der Waals surface area (Å²) in [5.74, 6) is 2.08. The van der Waals surface area contributed by atoms with E-state index >= 15 is 0 Å². The minimum absolute atomic E-state index is 0.0560. The van der Waals surface area contributed by atoms with Crippen molar-refractivity contribution < 1.29 is 14.3 Å². The van der Waals surface area contributed by atoms with E-state index < -0.39 is 0 Å². The summed E-state index contributed by atoms with van der Waals surface area (Å²) in [6.45, 7) is 0.390. The zero-order valence-electron chi connectivity index (χ0n) is 17.1. The number of nitrogens with two attached hydrogens (primary N) is 1. The van der Waals surface area contributed by atoms with Crippen molar-refractivity contribution >= 4 is 5.91 Å². The van der Waals surface area contributed by atoms with Crippen LogP contribution in [0.25, 0.3) is 0 Å². The van der Waals surface area contributed by atoms with E-state index in [9.17, 15) is 4.79 Å². The number of ether oxygens (including phenoxy) is 2. The summed E-state index contributed by atoms with van der Waals surface area (Å²) in [5, 5.41) is 7.42. The maximum Gasteiger partial charge on any atom is 0.251 e. The van der Waals surface area contributed by atoms with Gasteiger partial charge in [-0.15, -0.1) is 0 Å². The van der Waals surface area contributed by atoms with Crippen molar-refractivity contribution in [1.29, 1.82) is 0 Å². The van der Waals surface area contributed by atoms with Crippen LogP contribution in [0.5, 0.6) is 11.5 Å². The minimum atomic E-state index is -0.0560. The molecular weight excluding hydrogens is 368 g/mol. The quantitative estimate of drug-likeness (QED) is 0.781. The molecule has 156 valence electrons. The van der Waals surface area contributed by atoms with Gasteiger partial charge in [0, 0.05) is 36.5 Å². The molecule has 2 saturated carbocycles. The Hall–Kier alpha value is -2.54. The van der Waals surface area contributed by atoms with E-state index in [2.05, 4.69) is 10.4 Å². The van der Waals surface area contributed by atoms with Crippen molar-refractivity contribution in [2.24, 2.45) is 24.6 Å². The number of fused-ring (bicyclic) bond motifs is 2. The normalized spacial score (nSPS) is 26.0. The molecule has 0 radical (unpaired) electrons. The van der Waals surface area contributed by atoms with Gasteiger partial charge in [0.1, 0.15) is 6.61 Å². The molecule has 2 aliphatic rings. The molecule has 4 rings (SSSR count). The molecule has 0 aliphatic heterocycles. The van der Waals surface area contributed by atoms with Gasteiger partial charge in [-0.05, 0) is 55.7 Å². The second kappa shape index (κ2) is 8.45. The number of aryl methyl sites for hydroxylation is 1. The molecule has 7 nitrogen and oxygen atoms in total. The molecule has 2 bridgehead atoms. The molecule has 2 atom stereocenters. The molecule has 2 aliphatic carbocycles. The summed E-state index contributed by atoms with van der Waals surface area (Å²) < 4.78 is 13.1. The SMILES string of the molecule is COc1cc(C(=O)NC2C3CCCC2CC(N)C3)ccc1OCc1cnn(C)c1. The number of carbonyl (C=O) groups excluding carboxylic acids is 1. The average molecular weight is 399 g/mol. The lowest BCUT2D eigenvalue weighted by molar-refractivity contribution is 0.0755. The van der Waals surface area contributed by atoms with Crippen molar-refractivity contribution in [3.05, 3.63) is 41.7 Å². The minimum Gasteiger partial charge on any atom is -0.493 e. The van der Waals surface area contributed by atoms with Crippen LogP contribution in [0.4, 0.5) is 0 Å². The third-order valence-electron chi connectivity index (χ3n) is 6.25. The molecule has 3 N–H and O–H groups in total. The number of nitrogens with one attached hydrogen (secondary N) is 1. The van der Waals surface area contributed by atoms with Crippen LogP contribution in [0, 0.1) is 11.8 Å². The lowest BCUT2D eigenvalue weighted by Gasteiger charge is -2.45. The van der Waals surface area contributed by atoms with E-state index in [1.165, 1.54) is 6.42 Å². The summed E-state index contributed by atoms with van der Waals surface area (Å²) in [6, 6.07) is 5.83. The highest BCUT2D eigenvalue weighted by Crippen LogP contribution is 2.40. The van der Waals surface area contributed by atoms with Crippen LogP contribution in [0.3, 0.4) is 0 Å². The van der Waals surface area contributed by atoms with Gasteiger partial charge in [-0.2, -0.15) is 5.10 Å². The first-order chi connectivity index (χ1) is 14.0. The summed E-state index contributed by atoms with van der Waals surface area (Å²) in [7, 11) is 3.45. The Balaban J connectivity index is 1.43. The highest BCUT2D eigenvalue weighted by molar-refractivity contribution is 5.95. The smallest absolute Gasteiger partial charge is 0.251 e. The molecule has 1 aromatic heterocycles. The fraction of sp³-hybridized carbons (Fsp3) is 0.545. The molecule has 1 heterocycles. The van der Waals surface area contributed by atoms with Crippen molar-refractivity contribution in [2.75, 3.05) is 7.11 Å². The van der Waals surface area contributed by atoms with Crippen LogP contribution in [-0.2, 0) is 13.7 Å². The van der Waals surface area contributed by atoms with Crippen LogP contribution in [0.15, 0.2) is 30.6 Å². The number of benzene rings is 1. The Labute approximate surface area is 171 Å². The number of rotatable bonds is 6. The summed E-state index contributed by atoms with van der Waals surface area (Å²) in [6.07, 6.45) is 9.23. The second-order valence-corrected chi connectivity index (χ2v) is 8.36. The fourth-order valence-corrected chi connectivity index (χ4v) is 4.90. The van der Waals surface area contributed by atoms with E-state index in [0.29, 0.717) is 35.5 Å². The third kappa shape index (κ3) is 4.40. The average Bonchev–Trinajstić information content (AvgIpc) is 3.12. The van der Waals surface area contributed by atoms with Gasteiger partial charge in [0.25, 0.3) is 5.91 Å². The van der Waals surface area contributed by atoms with E-state index in [1.807, 2.05) is 13.2 Å². The maximum absolute atomic E-state index is 12.9. The Kier molecular flexibility index (Phi) is 5.76. The standard InChI is InChI=1S/C22H30N4O3/c1-26-12-14(11-24-26)13-29-19-7-6-17(10-20(19)28-2)22(27)25-21-15-4-3-5-16(21)9-18(23)8-15/h6-7,10-12,15-16,18,21H,3-5,8-9,13,23H2,1-2H3,(H,25,27). The summed E-state index contributed by atoms with van der Waals surface area (Å²) in [5.41, 5.74) is 7.76. The highest BCUT2D eigenvalue weighted by Gasteiger charge is 2.40. The van der Waals surface area contributed by atoms with Crippen LogP contribution in [0.1, 0.15) is 48.0 Å². The topological polar surface area (TPSA) is 91.4 Å². The van der Waals surface area contributed by atoms with E-state index in [1.54, 1.807) is 36.2 Å². The number of carbonyl (C=O) groups is 1. The Morgan fingerprint density at radius 2 is 2.03 bits per heavy atom. The first-order valence-corrected chi connectivity index (χ1v) is 10.4. The highest BCUT2D eigenvalue weighted by atomic mass is 16.5. The Morgan fingerprint density at radius 3 is 2.69 bits per heavy atom. The van der Waals surface area contributed by atoms with Gasteiger partial charge in [0.15, 0.2) is 11.5 Å². The summed E-state index contributed by atoms with van der Waals surface area (Å²) >= 11 is 0. The van der Waals surface area contributed by atoms with Gasteiger partial charge >= 0.3 is 0 Å². The predicted octanol–water partition coefficient (Wildman–Crippen LogP) is 2.64. The van der Waals surface area contributed by atoms with Crippen LogP contribution >= 0.6 is 0 Å². The molecule has 0 spiro atoms. The van der Waals surface area contributed by atoms with Gasteiger partial charge in [-0.25, -0.2) is 0 Å². The monoisotopic (exact) mass is 398 g/mol. The lowest BCUT2D eigenvalue weighted by Crippen LogP contribution is -2.53. The van der Waals surface area contributed by atoms with Gasteiger partial charge in [0.2, 0.25) is 0 Å². The third-order valence-corrected chi connectivity index (χ3v) is 6.25. The maximum atomic E-state index is 12.9. The van der Waals surface area contributed by atoms with Crippen molar-refractivity contribution in [2.45, 2.75) is 50.8 Å². The molecule has 29 heavy (non-hydrogen) atoms. The number of hydrogen-bond donors (Lipinski definition) is 2. The first-order valence-electron chi connectivity index (χ1n) is 10.4. The van der Waals surface area contributed by atoms with E-state index in [0.717, 1.165) is 31.2 Å². The second-order valence-electron chi connectivity index (χ2n) is 8.36. The molecule has 2 fully saturated rings. The van der Waals surface area contributed by atoms with Crippen LogP contribution < -0.4 is 20.5 Å². The zero-order chi connectivity index (χ0) is 20.4. The molecule has 2 unspecified atom stereocenters. The summed E-state index contributed by atoms with van der Waals surface area (Å²) in [4.78, 5) is 12.9. The first kappa shape index (κ1) is 19.8. The Bertz CT molecular complexity index is 851. The fourth-order valence-electron chi connectivity index (χ4n) is 4.90. The predicted molar refractivity (Wildman–Crippen MR) is 110 cm³/mol. The number of amides is 1. The van der Waals surface area contributed by atoms with Gasteiger partial charge in [0.05, 0.1) is 13.3 Å². The number of aromatic nitrogens is 2. The molecule has 7 heteroatoms. The van der Waals surface area contributed by atoms with Crippen molar-refractivity contribution in [3.63, 3.8) is 0 Å². The number of nitrogens with zero attached hydrogens (tertiary/aromatic N) is 2. The van der Waals surface area contributed by atoms with Gasteiger partial charge in [-0.3, -0.25) is 9.48 Å². The van der Waals surface area contributed by atoms with Crippen LogP contribution in [-0.4, -0.2) is 34.9 Å². The largest absolute Gasteiger partial charge is 0.493 e. The Morgan fingerprint density at radius 1 is 1.28 bits per heavy atom. The van der Waals surface area contributed by atoms with Gasteiger partial charge < -0.3 is 20.5 Å². The van der Waals surface area contributed by atoms with Crippen LogP contribution in [0.2, 0.25) is 0 Å². The molecule has 1 aromatic carbocycles. The lowest BCUT2D eigenvalue weighted by atomic mass is 9.67. The van der Waals surface area contributed by atoms with E-state index in [4.69, 9.17) is 15.2 Å². The zero-order valence-corrected chi connectivity index (χ0v) is 17.1. The molecular formula is C22H30N4O3. The number of hydrogen-bond acceptors (Lipinski definition) is 5. The molecule has 0 saturated heterocycles. The van der Waals surface area contributed by atoms with Crippen molar-refractivity contribution in [3.8, 4) is 11.5 Å². The van der Waals surface area contributed by atoms with E-state index in [-0.39, 0.29) is 18.0 Å². The van der Waals surface area contributed by atoms with Crippen molar-refractivity contribution in [1.82, 2.24) is 15.1 Å². The molecule has 2 aromatic rings. The number of methoxy groups -OCH3 is 1. The van der Waals surface area contributed by atoms with Gasteiger partial charge in [-0.1, -0.05) is 6.42 Å².